The molecule has 2 heterocycles. The zero-order valence-corrected chi connectivity index (χ0v) is 14.9. The number of aromatic nitrogens is 3. The van der Waals surface area contributed by atoms with Crippen LogP contribution in [0, 0.1) is 12.7 Å². The minimum Gasteiger partial charge on any atom is -0.318 e. The third-order valence-electron chi connectivity index (χ3n) is 4.41. The molecule has 0 aliphatic carbocycles. The molecule has 27 heavy (non-hydrogen) atoms. The Labute approximate surface area is 155 Å². The molecule has 0 aliphatic rings. The van der Waals surface area contributed by atoms with Crippen molar-refractivity contribution >= 4 is 22.5 Å². The van der Waals surface area contributed by atoms with Crippen molar-refractivity contribution in [2.45, 2.75) is 6.92 Å². The van der Waals surface area contributed by atoms with Crippen molar-refractivity contribution in [2.24, 2.45) is 7.05 Å². The average Bonchev–Trinajstić information content (AvgIpc) is 3.09. The van der Waals surface area contributed by atoms with Crippen LogP contribution >= 0.6 is 0 Å². The van der Waals surface area contributed by atoms with E-state index in [0.717, 1.165) is 16.5 Å². The van der Waals surface area contributed by atoms with Crippen LogP contribution in [-0.4, -0.2) is 20.7 Å². The molecule has 0 radical (unpaired) electrons. The highest BCUT2D eigenvalue weighted by molar-refractivity contribution is 6.03. The monoisotopic (exact) mass is 360 g/mol. The van der Waals surface area contributed by atoms with Crippen molar-refractivity contribution in [1.82, 2.24) is 14.8 Å². The van der Waals surface area contributed by atoms with Gasteiger partial charge in [-0.25, -0.2) is 9.37 Å². The maximum atomic E-state index is 14.5. The van der Waals surface area contributed by atoms with E-state index in [1.165, 1.54) is 16.9 Å². The van der Waals surface area contributed by atoms with Crippen LogP contribution in [-0.2, 0) is 7.05 Å². The van der Waals surface area contributed by atoms with E-state index < -0.39 is 11.7 Å². The van der Waals surface area contributed by atoms with Crippen molar-refractivity contribution in [3.05, 3.63) is 77.9 Å². The summed E-state index contributed by atoms with van der Waals surface area (Å²) in [5, 5.41) is 7.55. The summed E-state index contributed by atoms with van der Waals surface area (Å²) in [5.74, 6) is -0.935. The summed E-state index contributed by atoms with van der Waals surface area (Å²) >= 11 is 0. The van der Waals surface area contributed by atoms with E-state index in [1.54, 1.807) is 25.2 Å². The second-order valence-corrected chi connectivity index (χ2v) is 6.38. The Kier molecular flexibility index (Phi) is 4.16. The normalized spacial score (nSPS) is 10.9. The quantitative estimate of drug-likeness (QED) is 0.591. The van der Waals surface area contributed by atoms with Crippen molar-refractivity contribution in [2.75, 3.05) is 5.32 Å². The molecule has 2 aromatic carbocycles. The number of benzene rings is 2. The number of carbonyl (C=O) groups excluding carboxylic acids is 1. The van der Waals surface area contributed by atoms with Gasteiger partial charge in [0.25, 0.3) is 5.91 Å². The number of anilines is 1. The van der Waals surface area contributed by atoms with Crippen LogP contribution in [0.1, 0.15) is 16.1 Å². The van der Waals surface area contributed by atoms with E-state index in [1.807, 2.05) is 31.2 Å². The predicted molar refractivity (Wildman–Crippen MR) is 103 cm³/mol. The van der Waals surface area contributed by atoms with Gasteiger partial charge in [0.1, 0.15) is 11.5 Å². The van der Waals surface area contributed by atoms with E-state index in [9.17, 15) is 9.18 Å². The number of hydrogen-bond donors (Lipinski definition) is 1. The number of rotatable bonds is 3. The van der Waals surface area contributed by atoms with Gasteiger partial charge in [-0.2, -0.15) is 5.10 Å². The standard InChI is InChI=1S/C21H17FN4O/c1-13-3-6-17-14(11-13)4-7-18(24-17)15-5-8-19(16(22)12-15)25-21(27)20-9-10-23-26(20)2/h3-12H,1-2H3,(H,25,27). The Balaban J connectivity index is 1.62. The van der Waals surface area contributed by atoms with Gasteiger partial charge < -0.3 is 5.32 Å². The predicted octanol–water partition coefficient (Wildman–Crippen LogP) is 4.34. The number of nitrogens with one attached hydrogen (secondary N) is 1. The van der Waals surface area contributed by atoms with Crippen molar-refractivity contribution < 1.29 is 9.18 Å². The highest BCUT2D eigenvalue weighted by Crippen LogP contribution is 2.25. The molecular weight excluding hydrogens is 343 g/mol. The van der Waals surface area contributed by atoms with Crippen LogP contribution in [0.4, 0.5) is 10.1 Å². The summed E-state index contributed by atoms with van der Waals surface area (Å²) in [6.07, 6.45) is 1.52. The number of carbonyl (C=O) groups is 1. The first-order valence-corrected chi connectivity index (χ1v) is 8.48. The van der Waals surface area contributed by atoms with E-state index >= 15 is 0 Å². The van der Waals surface area contributed by atoms with Gasteiger partial charge >= 0.3 is 0 Å². The Morgan fingerprint density at radius 2 is 1.93 bits per heavy atom. The summed E-state index contributed by atoms with van der Waals surface area (Å²) in [4.78, 5) is 16.8. The lowest BCUT2D eigenvalue weighted by atomic mass is 10.1. The first-order valence-electron chi connectivity index (χ1n) is 8.48. The first-order chi connectivity index (χ1) is 13.0. The molecular formula is C21H17FN4O. The fourth-order valence-electron chi connectivity index (χ4n) is 2.96. The molecule has 5 nitrogen and oxygen atoms in total. The van der Waals surface area contributed by atoms with E-state index in [4.69, 9.17) is 0 Å². The lowest BCUT2D eigenvalue weighted by Gasteiger charge is -2.09. The van der Waals surface area contributed by atoms with Crippen LogP contribution in [0.3, 0.4) is 0 Å². The van der Waals surface area contributed by atoms with Crippen LogP contribution < -0.4 is 5.32 Å². The Morgan fingerprint density at radius 1 is 1.07 bits per heavy atom. The number of pyridine rings is 1. The molecule has 0 atom stereocenters. The molecule has 6 heteroatoms. The minimum absolute atomic E-state index is 0.112. The molecule has 0 saturated carbocycles. The van der Waals surface area contributed by atoms with E-state index in [-0.39, 0.29) is 5.69 Å². The van der Waals surface area contributed by atoms with Gasteiger partial charge in [-0.3, -0.25) is 9.48 Å². The molecule has 0 unspecified atom stereocenters. The maximum absolute atomic E-state index is 14.5. The fraction of sp³-hybridized carbons (Fsp3) is 0.0952. The molecule has 0 bridgehead atoms. The molecule has 4 rings (SSSR count). The Hall–Kier alpha value is -3.54. The summed E-state index contributed by atoms with van der Waals surface area (Å²) in [6, 6.07) is 16.1. The molecule has 0 aliphatic heterocycles. The van der Waals surface area contributed by atoms with Crippen molar-refractivity contribution in [1.29, 1.82) is 0 Å². The molecule has 2 aromatic heterocycles. The van der Waals surface area contributed by atoms with E-state index in [2.05, 4.69) is 21.5 Å². The number of halogens is 1. The summed E-state index contributed by atoms with van der Waals surface area (Å²) in [5.41, 5.74) is 3.80. The molecule has 4 aromatic rings. The Morgan fingerprint density at radius 3 is 2.67 bits per heavy atom. The van der Waals surface area contributed by atoms with Gasteiger partial charge in [-0.1, -0.05) is 23.8 Å². The molecule has 0 fully saturated rings. The lowest BCUT2D eigenvalue weighted by molar-refractivity contribution is 0.101. The van der Waals surface area contributed by atoms with Crippen molar-refractivity contribution in [3.8, 4) is 11.3 Å². The summed E-state index contributed by atoms with van der Waals surface area (Å²) in [6.45, 7) is 2.03. The van der Waals surface area contributed by atoms with Gasteiger partial charge in [0.05, 0.1) is 16.9 Å². The van der Waals surface area contributed by atoms with Gasteiger partial charge in [-0.15, -0.1) is 0 Å². The fourth-order valence-corrected chi connectivity index (χ4v) is 2.96. The SMILES string of the molecule is Cc1ccc2nc(-c3ccc(NC(=O)c4ccnn4C)c(F)c3)ccc2c1. The molecule has 0 spiro atoms. The van der Waals surface area contributed by atoms with Crippen LogP contribution in [0.2, 0.25) is 0 Å². The number of aryl methyl sites for hydroxylation is 2. The second-order valence-electron chi connectivity index (χ2n) is 6.38. The van der Waals surface area contributed by atoms with Gasteiger partial charge in [0.2, 0.25) is 0 Å². The molecule has 1 N–H and O–H groups in total. The van der Waals surface area contributed by atoms with E-state index in [0.29, 0.717) is 17.0 Å². The smallest absolute Gasteiger partial charge is 0.273 e. The second kappa shape index (κ2) is 6.64. The first kappa shape index (κ1) is 16.9. The topological polar surface area (TPSA) is 59.8 Å². The molecule has 1 amide bonds. The van der Waals surface area contributed by atoms with Gasteiger partial charge in [0.15, 0.2) is 0 Å². The number of nitrogens with zero attached hydrogens (tertiary/aromatic N) is 3. The molecule has 134 valence electrons. The largest absolute Gasteiger partial charge is 0.318 e. The lowest BCUT2D eigenvalue weighted by Crippen LogP contribution is -2.16. The summed E-state index contributed by atoms with van der Waals surface area (Å²) in [7, 11) is 1.65. The van der Waals surface area contributed by atoms with Crippen LogP contribution in [0.25, 0.3) is 22.2 Å². The van der Waals surface area contributed by atoms with Gasteiger partial charge in [0, 0.05) is 24.2 Å². The third-order valence-corrected chi connectivity index (χ3v) is 4.41. The van der Waals surface area contributed by atoms with Crippen LogP contribution in [0.15, 0.2) is 60.8 Å². The number of hydrogen-bond acceptors (Lipinski definition) is 3. The number of amides is 1. The maximum Gasteiger partial charge on any atom is 0.273 e. The molecule has 0 saturated heterocycles. The van der Waals surface area contributed by atoms with Crippen LogP contribution in [0.5, 0.6) is 0 Å². The Bertz CT molecular complexity index is 1170. The zero-order valence-electron chi connectivity index (χ0n) is 14.9. The number of fused-ring (bicyclic) bond motifs is 1. The third kappa shape index (κ3) is 3.29. The highest BCUT2D eigenvalue weighted by atomic mass is 19.1. The average molecular weight is 360 g/mol. The van der Waals surface area contributed by atoms with Crippen molar-refractivity contribution in [3.63, 3.8) is 0 Å². The summed E-state index contributed by atoms with van der Waals surface area (Å²) < 4.78 is 16.0. The van der Waals surface area contributed by atoms with Gasteiger partial charge in [-0.05, 0) is 43.3 Å². The highest BCUT2D eigenvalue weighted by Gasteiger charge is 2.13. The zero-order chi connectivity index (χ0) is 19.0. The minimum atomic E-state index is -0.520.